The number of aromatic amines is 1. The minimum atomic E-state index is -0.125. The van der Waals surface area contributed by atoms with Crippen molar-refractivity contribution in [3.8, 4) is 40.3 Å². The van der Waals surface area contributed by atoms with Gasteiger partial charge in [0.25, 0.3) is 0 Å². The quantitative estimate of drug-likeness (QED) is 0.194. The molecule has 0 atom stereocenters. The minimum Gasteiger partial charge on any atom is -0.536 e. The van der Waals surface area contributed by atoms with Crippen LogP contribution in [0.1, 0.15) is 0 Å². The summed E-state index contributed by atoms with van der Waals surface area (Å²) in [5, 5.41) is 8.24. The fourth-order valence-electron chi connectivity index (χ4n) is 2.98. The molecule has 6 aromatic rings. The molecule has 0 aliphatic heterocycles. The van der Waals surface area contributed by atoms with E-state index in [1.54, 1.807) is 99.1 Å². The van der Waals surface area contributed by atoms with Gasteiger partial charge in [-0.25, -0.2) is 39.9 Å². The lowest BCUT2D eigenvalue weighted by Gasteiger charge is -2.00. The van der Waals surface area contributed by atoms with Crippen molar-refractivity contribution in [3.05, 3.63) is 125 Å². The zero-order valence-corrected chi connectivity index (χ0v) is 25.6. The summed E-state index contributed by atoms with van der Waals surface area (Å²) in [6.45, 7) is 0. The van der Waals surface area contributed by atoms with Gasteiger partial charge in [-0.2, -0.15) is 0 Å². The molecule has 45 heavy (non-hydrogen) atoms. The molecular weight excluding hydrogens is 645 g/mol. The smallest absolute Gasteiger partial charge is 0.536 e. The third-order valence-electron chi connectivity index (χ3n) is 5.02. The summed E-state index contributed by atoms with van der Waals surface area (Å²) in [4.78, 5) is 45.1. The molecule has 6 rings (SSSR count). The number of halogens is 1. The van der Waals surface area contributed by atoms with Gasteiger partial charge in [0.05, 0.1) is 20.4 Å². The summed E-state index contributed by atoms with van der Waals surface area (Å²) in [5.41, 5.74) is 1.56. The molecule has 0 bridgehead atoms. The molecule has 16 heteroatoms. The average Bonchev–Trinajstić information content (AvgIpc) is 3.11. The number of H-pyrrole nitrogens is 1. The van der Waals surface area contributed by atoms with Crippen molar-refractivity contribution in [1.29, 1.82) is 0 Å². The van der Waals surface area contributed by atoms with E-state index in [0.717, 1.165) is 11.1 Å². The molecule has 0 unspecified atom stereocenters. The standard InChI is InChI=1S/C10H9N3O.C9H7N3O.C6H7BNO3.C4H3BrN2/c1-14-9-4-3-8(7-13-9)10-11-5-2-6-12-10;13-8-3-2-7(6-12-8)9-10-4-1-5-11-9;1-10-6-3-2-5(4-8-6)11-7-9;5-4-6-2-1-3-7-4/h2-7H,1H3;1-6H,(H,12,13);2-4,9H,1H3;1-3H. The predicted molar refractivity (Wildman–Crippen MR) is 169 cm³/mol. The van der Waals surface area contributed by atoms with E-state index in [-0.39, 0.29) is 5.56 Å². The Labute approximate surface area is 267 Å². The molecule has 227 valence electrons. The first-order valence-corrected chi connectivity index (χ1v) is 13.6. The maximum Gasteiger partial charge on any atom is 0.569 e. The number of pyridine rings is 3. The van der Waals surface area contributed by atoms with Crippen molar-refractivity contribution in [2.75, 3.05) is 14.2 Å². The van der Waals surface area contributed by atoms with Crippen molar-refractivity contribution >= 4 is 23.6 Å². The second kappa shape index (κ2) is 19.6. The summed E-state index contributed by atoms with van der Waals surface area (Å²) in [6.07, 6.45) is 14.8. The highest BCUT2D eigenvalue weighted by Gasteiger charge is 2.00. The third-order valence-corrected chi connectivity index (χ3v) is 5.43. The van der Waals surface area contributed by atoms with Crippen molar-refractivity contribution in [3.63, 3.8) is 0 Å². The van der Waals surface area contributed by atoms with Gasteiger partial charge in [-0.1, -0.05) is 0 Å². The largest absolute Gasteiger partial charge is 0.569 e. The van der Waals surface area contributed by atoms with Gasteiger partial charge in [0, 0.05) is 78.9 Å². The zero-order valence-electron chi connectivity index (χ0n) is 24.0. The predicted octanol–water partition coefficient (Wildman–Crippen LogP) is 3.61. The number of methoxy groups -OCH3 is 2. The Bertz CT molecular complexity index is 1690. The molecule has 0 aliphatic rings. The number of rotatable bonds is 6. The van der Waals surface area contributed by atoms with Crippen LogP contribution in [0.25, 0.3) is 22.8 Å². The molecular formula is C29H26BBrN9O5. The summed E-state index contributed by atoms with van der Waals surface area (Å²) in [7, 11) is 3.71. The monoisotopic (exact) mass is 670 g/mol. The first-order valence-electron chi connectivity index (χ1n) is 12.8. The van der Waals surface area contributed by atoms with Gasteiger partial charge in [0.2, 0.25) is 17.3 Å². The van der Waals surface area contributed by atoms with Gasteiger partial charge in [-0.15, -0.1) is 0 Å². The van der Waals surface area contributed by atoms with Crippen LogP contribution >= 0.6 is 15.9 Å². The maximum atomic E-state index is 10.8. The summed E-state index contributed by atoms with van der Waals surface area (Å²) in [6, 6.07) is 15.4. The molecule has 0 fully saturated rings. The van der Waals surface area contributed by atoms with E-state index < -0.39 is 0 Å². The van der Waals surface area contributed by atoms with Crippen molar-refractivity contribution in [1.82, 2.24) is 44.9 Å². The molecule has 2 N–H and O–H groups in total. The van der Waals surface area contributed by atoms with Crippen LogP contribution in [-0.4, -0.2) is 71.8 Å². The molecule has 0 spiro atoms. The number of nitrogens with zero attached hydrogens (tertiary/aromatic N) is 8. The molecule has 14 nitrogen and oxygen atoms in total. The second-order valence-corrected chi connectivity index (χ2v) is 8.66. The lowest BCUT2D eigenvalue weighted by molar-refractivity contribution is 0.395. The number of ether oxygens (including phenoxy) is 2. The van der Waals surface area contributed by atoms with Crippen LogP contribution in [0.5, 0.6) is 17.5 Å². The van der Waals surface area contributed by atoms with Gasteiger partial charge >= 0.3 is 7.69 Å². The Morgan fingerprint density at radius 3 is 1.58 bits per heavy atom. The molecule has 0 aliphatic carbocycles. The number of aromatic nitrogens is 9. The summed E-state index contributed by atoms with van der Waals surface area (Å²) in [5.74, 6) is 2.84. The molecule has 0 aromatic carbocycles. The van der Waals surface area contributed by atoms with E-state index in [1.165, 1.54) is 19.4 Å². The van der Waals surface area contributed by atoms with E-state index in [2.05, 4.69) is 65.4 Å². The Hall–Kier alpha value is -5.61. The highest BCUT2D eigenvalue weighted by atomic mass is 79.9. The van der Waals surface area contributed by atoms with Gasteiger partial charge in [-0.3, -0.25) is 4.79 Å². The highest BCUT2D eigenvalue weighted by Crippen LogP contribution is 2.15. The summed E-state index contributed by atoms with van der Waals surface area (Å²) >= 11 is 3.09. The second-order valence-electron chi connectivity index (χ2n) is 7.95. The van der Waals surface area contributed by atoms with E-state index in [1.807, 2.05) is 6.07 Å². The first kappa shape index (κ1) is 33.9. The lowest BCUT2D eigenvalue weighted by atomic mass is 10.2. The van der Waals surface area contributed by atoms with E-state index in [0.29, 0.717) is 41.6 Å². The van der Waals surface area contributed by atoms with Crippen molar-refractivity contribution in [2.24, 2.45) is 0 Å². The van der Waals surface area contributed by atoms with Gasteiger partial charge in [0.15, 0.2) is 16.4 Å². The molecule has 0 saturated heterocycles. The van der Waals surface area contributed by atoms with E-state index in [4.69, 9.17) is 14.5 Å². The van der Waals surface area contributed by atoms with E-state index in [9.17, 15) is 4.79 Å². The van der Waals surface area contributed by atoms with E-state index >= 15 is 0 Å². The maximum absolute atomic E-state index is 10.8. The third kappa shape index (κ3) is 12.7. The fraction of sp³-hybridized carbons (Fsp3) is 0.0690. The Morgan fingerprint density at radius 1 is 0.667 bits per heavy atom. The van der Waals surface area contributed by atoms with Crippen LogP contribution in [0.3, 0.4) is 0 Å². The highest BCUT2D eigenvalue weighted by molar-refractivity contribution is 9.10. The Kier molecular flexibility index (Phi) is 14.7. The van der Waals surface area contributed by atoms with Crippen molar-refractivity contribution < 1.29 is 19.2 Å². The molecule has 1 radical (unpaired) electrons. The topological polar surface area (TPSA) is 184 Å². The van der Waals surface area contributed by atoms with Crippen LogP contribution < -0.4 is 19.7 Å². The SMILES string of the molecule is Brc1ncccn1.COc1ccc(-c2ncccn2)cn1.COc1ccc(O[B]O)cn1.O=c1ccc(-c2ncccn2)c[nH]1. The van der Waals surface area contributed by atoms with Crippen LogP contribution in [0.2, 0.25) is 0 Å². The normalized spacial score (nSPS) is 9.42. The van der Waals surface area contributed by atoms with Crippen LogP contribution in [0.15, 0.2) is 120 Å². The molecule has 6 heterocycles. The first-order chi connectivity index (χ1) is 22.0. The van der Waals surface area contributed by atoms with Gasteiger partial charge in [-0.05, 0) is 52.3 Å². The van der Waals surface area contributed by atoms with Crippen LogP contribution in [0, 0.1) is 0 Å². The van der Waals surface area contributed by atoms with Crippen LogP contribution in [0.4, 0.5) is 0 Å². The van der Waals surface area contributed by atoms with Gasteiger partial charge in [0.1, 0.15) is 5.75 Å². The Morgan fingerprint density at radius 2 is 1.18 bits per heavy atom. The molecule has 0 amide bonds. The fourth-order valence-corrected chi connectivity index (χ4v) is 3.21. The summed E-state index contributed by atoms with van der Waals surface area (Å²) < 4.78 is 15.0. The molecule has 0 saturated carbocycles. The Balaban J connectivity index is 0.000000168. The zero-order chi connectivity index (χ0) is 32.1. The van der Waals surface area contributed by atoms with Crippen LogP contribution in [-0.2, 0) is 0 Å². The number of hydrogen-bond acceptors (Lipinski definition) is 13. The number of nitrogens with one attached hydrogen (secondary N) is 1. The molecule has 6 aromatic heterocycles. The van der Waals surface area contributed by atoms with Crippen molar-refractivity contribution in [2.45, 2.75) is 0 Å². The average molecular weight is 671 g/mol. The minimum absolute atomic E-state index is 0.125. The number of hydrogen-bond donors (Lipinski definition) is 2. The lowest BCUT2D eigenvalue weighted by Crippen LogP contribution is -2.02. The van der Waals surface area contributed by atoms with Gasteiger partial charge < -0.3 is 24.1 Å².